The van der Waals surface area contributed by atoms with Crippen LogP contribution < -0.4 is 0 Å². The lowest BCUT2D eigenvalue weighted by molar-refractivity contribution is -0.137. The molecule has 0 fully saturated rings. The summed E-state index contributed by atoms with van der Waals surface area (Å²) in [4.78, 5) is 0. The zero-order valence-corrected chi connectivity index (χ0v) is 9.45. The van der Waals surface area contributed by atoms with Gasteiger partial charge in [-0.25, -0.2) is 4.39 Å². The second kappa shape index (κ2) is 4.07. The fourth-order valence-corrected chi connectivity index (χ4v) is 1.53. The first kappa shape index (κ1) is 13.0. The quantitative estimate of drug-likeness (QED) is 0.630. The minimum atomic E-state index is -4.49. The van der Waals surface area contributed by atoms with Crippen LogP contribution in [0.1, 0.15) is 31.9 Å². The molecule has 0 saturated heterocycles. The summed E-state index contributed by atoms with van der Waals surface area (Å²) in [5.74, 6) is -0.839. The molecule has 0 saturated carbocycles. The smallest absolute Gasteiger partial charge is 0.207 e. The second-order valence-corrected chi connectivity index (χ2v) is 5.08. The third-order valence-corrected chi connectivity index (χ3v) is 2.02. The molecule has 1 rings (SSSR count). The van der Waals surface area contributed by atoms with Crippen molar-refractivity contribution in [2.45, 2.75) is 33.4 Å². The van der Waals surface area contributed by atoms with E-state index in [0.29, 0.717) is 18.1 Å². The number of benzene rings is 1. The molecule has 0 bridgehead atoms. The molecule has 0 radical (unpaired) electrons. The van der Waals surface area contributed by atoms with E-state index in [4.69, 9.17) is 0 Å². The zero-order chi connectivity index (χ0) is 12.6. The van der Waals surface area contributed by atoms with Gasteiger partial charge in [0.1, 0.15) is 5.82 Å². The van der Waals surface area contributed by atoms with Crippen molar-refractivity contribution in [2.75, 3.05) is 0 Å². The van der Waals surface area contributed by atoms with E-state index in [0.717, 1.165) is 12.1 Å². The van der Waals surface area contributed by atoms with Crippen molar-refractivity contribution in [1.29, 1.82) is 0 Å². The Morgan fingerprint density at radius 1 is 1.00 bits per heavy atom. The van der Waals surface area contributed by atoms with Gasteiger partial charge in [-0.15, -0.1) is 0 Å². The van der Waals surface area contributed by atoms with Crippen LogP contribution in [0.25, 0.3) is 0 Å². The van der Waals surface area contributed by atoms with Crippen LogP contribution in [0, 0.1) is 11.2 Å². The van der Waals surface area contributed by atoms with E-state index >= 15 is 0 Å². The Morgan fingerprint density at radius 2 is 1.56 bits per heavy atom. The standard InChI is InChI=1S/C12H14F4/c1-11(2,3)7-8-4-9(12(14,15)16)6-10(13)5-8/h4-6H,7H2,1-3H3. The van der Waals surface area contributed by atoms with Crippen LogP contribution in [-0.2, 0) is 12.6 Å². The Balaban J connectivity index is 3.09. The second-order valence-electron chi connectivity index (χ2n) is 5.08. The Morgan fingerprint density at radius 3 is 2.00 bits per heavy atom. The van der Waals surface area contributed by atoms with Gasteiger partial charge < -0.3 is 0 Å². The molecule has 0 N–H and O–H groups in total. The van der Waals surface area contributed by atoms with Crippen LogP contribution in [-0.4, -0.2) is 0 Å². The summed E-state index contributed by atoms with van der Waals surface area (Å²) in [6.07, 6.45) is -4.08. The molecular formula is C12H14F4. The maximum Gasteiger partial charge on any atom is 0.416 e. The van der Waals surface area contributed by atoms with Gasteiger partial charge in [0.25, 0.3) is 0 Å². The molecule has 90 valence electrons. The van der Waals surface area contributed by atoms with Gasteiger partial charge in [0, 0.05) is 0 Å². The highest BCUT2D eigenvalue weighted by atomic mass is 19.4. The molecule has 16 heavy (non-hydrogen) atoms. The van der Waals surface area contributed by atoms with Crippen molar-refractivity contribution in [2.24, 2.45) is 5.41 Å². The Kier molecular flexibility index (Phi) is 3.31. The van der Waals surface area contributed by atoms with Gasteiger partial charge >= 0.3 is 6.18 Å². The van der Waals surface area contributed by atoms with Gasteiger partial charge in [-0.3, -0.25) is 0 Å². The van der Waals surface area contributed by atoms with E-state index in [-0.39, 0.29) is 5.41 Å². The molecule has 4 heteroatoms. The monoisotopic (exact) mass is 234 g/mol. The largest absolute Gasteiger partial charge is 0.416 e. The summed E-state index contributed by atoms with van der Waals surface area (Å²) in [5, 5.41) is 0. The predicted octanol–water partition coefficient (Wildman–Crippen LogP) is 4.43. The van der Waals surface area contributed by atoms with Gasteiger partial charge in [0.05, 0.1) is 5.56 Å². The maximum absolute atomic E-state index is 13.0. The summed E-state index contributed by atoms with van der Waals surface area (Å²) in [5.41, 5.74) is -0.719. The van der Waals surface area contributed by atoms with E-state index < -0.39 is 17.6 Å². The molecule has 0 aromatic heterocycles. The molecule has 0 spiro atoms. The lowest BCUT2D eigenvalue weighted by Crippen LogP contribution is -2.12. The molecule has 0 amide bonds. The van der Waals surface area contributed by atoms with Crippen LogP contribution in [0.15, 0.2) is 18.2 Å². The van der Waals surface area contributed by atoms with Crippen LogP contribution >= 0.6 is 0 Å². The fraction of sp³-hybridized carbons (Fsp3) is 0.500. The topological polar surface area (TPSA) is 0 Å². The van der Waals surface area contributed by atoms with Crippen LogP contribution in [0.4, 0.5) is 17.6 Å². The average molecular weight is 234 g/mol. The molecular weight excluding hydrogens is 220 g/mol. The van der Waals surface area contributed by atoms with E-state index in [9.17, 15) is 17.6 Å². The van der Waals surface area contributed by atoms with Crippen molar-refractivity contribution in [3.8, 4) is 0 Å². The van der Waals surface area contributed by atoms with Crippen molar-refractivity contribution < 1.29 is 17.6 Å². The Bertz CT molecular complexity index is 372. The Hall–Kier alpha value is -1.06. The minimum Gasteiger partial charge on any atom is -0.207 e. The maximum atomic E-state index is 13.0. The minimum absolute atomic E-state index is 0.170. The molecule has 0 nitrogen and oxygen atoms in total. The van der Waals surface area contributed by atoms with Crippen molar-refractivity contribution in [3.05, 3.63) is 35.1 Å². The van der Waals surface area contributed by atoms with E-state index in [1.54, 1.807) is 0 Å². The summed E-state index contributed by atoms with van der Waals surface area (Å²) < 4.78 is 50.3. The molecule has 0 heterocycles. The van der Waals surface area contributed by atoms with Gasteiger partial charge in [-0.2, -0.15) is 13.2 Å². The average Bonchev–Trinajstić information content (AvgIpc) is 1.97. The van der Waals surface area contributed by atoms with E-state index in [2.05, 4.69) is 0 Å². The van der Waals surface area contributed by atoms with Crippen LogP contribution in [0.2, 0.25) is 0 Å². The molecule has 0 aliphatic heterocycles. The van der Waals surface area contributed by atoms with Crippen molar-refractivity contribution >= 4 is 0 Å². The number of rotatable bonds is 1. The van der Waals surface area contributed by atoms with Gasteiger partial charge in [-0.05, 0) is 35.6 Å². The molecule has 1 aromatic rings. The third kappa shape index (κ3) is 3.83. The lowest BCUT2D eigenvalue weighted by Gasteiger charge is -2.19. The lowest BCUT2D eigenvalue weighted by atomic mass is 9.87. The molecule has 1 aromatic carbocycles. The van der Waals surface area contributed by atoms with Crippen LogP contribution in [0.5, 0.6) is 0 Å². The summed E-state index contributed by atoms with van der Waals surface area (Å²) in [6.45, 7) is 5.68. The highest BCUT2D eigenvalue weighted by Gasteiger charge is 2.31. The van der Waals surface area contributed by atoms with Crippen LogP contribution in [0.3, 0.4) is 0 Å². The normalized spacial score (nSPS) is 12.9. The Labute approximate surface area is 92.3 Å². The third-order valence-electron chi connectivity index (χ3n) is 2.02. The van der Waals surface area contributed by atoms with Gasteiger partial charge in [0.15, 0.2) is 0 Å². The molecule has 0 atom stereocenters. The number of hydrogen-bond acceptors (Lipinski definition) is 0. The zero-order valence-electron chi connectivity index (χ0n) is 9.45. The summed E-state index contributed by atoms with van der Waals surface area (Å²) >= 11 is 0. The summed E-state index contributed by atoms with van der Waals surface area (Å²) in [6, 6.07) is 2.68. The first-order valence-corrected chi connectivity index (χ1v) is 4.95. The van der Waals surface area contributed by atoms with Crippen molar-refractivity contribution in [3.63, 3.8) is 0 Å². The number of hydrogen-bond donors (Lipinski definition) is 0. The molecule has 0 aliphatic carbocycles. The number of halogens is 4. The molecule has 0 aliphatic rings. The first-order chi connectivity index (χ1) is 7.08. The van der Waals surface area contributed by atoms with E-state index in [1.165, 1.54) is 0 Å². The van der Waals surface area contributed by atoms with Crippen molar-refractivity contribution in [1.82, 2.24) is 0 Å². The van der Waals surface area contributed by atoms with E-state index in [1.807, 2.05) is 20.8 Å². The highest BCUT2D eigenvalue weighted by Crippen LogP contribution is 2.31. The fourth-order valence-electron chi connectivity index (χ4n) is 1.53. The SMILES string of the molecule is CC(C)(C)Cc1cc(F)cc(C(F)(F)F)c1. The highest BCUT2D eigenvalue weighted by molar-refractivity contribution is 5.27. The molecule has 0 unspecified atom stereocenters. The summed E-state index contributed by atoms with van der Waals surface area (Å²) in [7, 11) is 0. The predicted molar refractivity (Wildman–Crippen MR) is 54.6 cm³/mol. The van der Waals surface area contributed by atoms with Gasteiger partial charge in [-0.1, -0.05) is 20.8 Å². The first-order valence-electron chi connectivity index (χ1n) is 4.95. The van der Waals surface area contributed by atoms with Gasteiger partial charge in [0.2, 0.25) is 0 Å². The number of alkyl halides is 3.